The molecule has 0 spiro atoms. The van der Waals surface area contributed by atoms with E-state index in [0.717, 1.165) is 54.9 Å². The summed E-state index contributed by atoms with van der Waals surface area (Å²) in [4.78, 5) is 44.0. The van der Waals surface area contributed by atoms with Crippen molar-refractivity contribution in [2.24, 2.45) is 0 Å². The van der Waals surface area contributed by atoms with Crippen LogP contribution in [0.1, 0.15) is 48.7 Å². The van der Waals surface area contributed by atoms with Gasteiger partial charge >= 0.3 is 5.69 Å². The monoisotopic (exact) mass is 628 g/mol. The van der Waals surface area contributed by atoms with Crippen LogP contribution in [0.5, 0.6) is 0 Å². The maximum absolute atomic E-state index is 15.5. The largest absolute Gasteiger partial charge is 0.388 e. The number of rotatable bonds is 9. The number of benzene rings is 2. The molecular formula is C33H34F2N8O3. The third-order valence-electron chi connectivity index (χ3n) is 7.74. The Morgan fingerprint density at radius 1 is 1.09 bits per heavy atom. The molecule has 0 aliphatic carbocycles. The highest BCUT2D eigenvalue weighted by atomic mass is 19.1. The van der Waals surface area contributed by atoms with E-state index in [9.17, 15) is 18.8 Å². The number of nitrogen functional groups attached to an aromatic ring is 1. The quantitative estimate of drug-likeness (QED) is 0.175. The number of piperidine rings is 1. The smallest absolute Gasteiger partial charge is 0.335 e. The molecule has 13 heteroatoms. The Balaban J connectivity index is 1.43. The van der Waals surface area contributed by atoms with Gasteiger partial charge in [-0.3, -0.25) is 14.2 Å². The van der Waals surface area contributed by atoms with Gasteiger partial charge in [-0.25, -0.2) is 23.1 Å². The van der Waals surface area contributed by atoms with Crippen molar-refractivity contribution in [3.63, 3.8) is 0 Å². The Labute approximate surface area is 263 Å². The SMILES string of the molecule is CC(C)n1cc(C(=O)Nc2ccc(-c3cc(/C(C=N)=C/NC4CCNCC4)cnc3N)c(F)c2)c(=O)n(-c2ccc(F)cc2)c1=O. The average molecular weight is 629 g/mol. The minimum atomic E-state index is -0.913. The van der Waals surface area contributed by atoms with Crippen LogP contribution in [0.25, 0.3) is 22.4 Å². The zero-order chi connectivity index (χ0) is 33.0. The van der Waals surface area contributed by atoms with Crippen molar-refractivity contribution in [1.82, 2.24) is 24.8 Å². The highest BCUT2D eigenvalue weighted by Crippen LogP contribution is 2.31. The third-order valence-corrected chi connectivity index (χ3v) is 7.74. The fourth-order valence-electron chi connectivity index (χ4n) is 5.18. The lowest BCUT2D eigenvalue weighted by Crippen LogP contribution is -2.42. The lowest BCUT2D eigenvalue weighted by molar-refractivity contribution is 0.102. The molecule has 2 aromatic carbocycles. The second kappa shape index (κ2) is 13.7. The Bertz CT molecular complexity index is 1930. The van der Waals surface area contributed by atoms with Crippen molar-refractivity contribution in [2.45, 2.75) is 38.8 Å². The van der Waals surface area contributed by atoms with E-state index < -0.39 is 34.8 Å². The lowest BCUT2D eigenvalue weighted by Gasteiger charge is -2.23. The summed E-state index contributed by atoms with van der Waals surface area (Å²) in [6.45, 7) is 5.23. The Hall–Kier alpha value is -5.43. The molecule has 1 aliphatic heterocycles. The zero-order valence-corrected chi connectivity index (χ0v) is 25.3. The van der Waals surface area contributed by atoms with Crippen LogP contribution in [0.3, 0.4) is 0 Å². The van der Waals surface area contributed by atoms with Crippen molar-refractivity contribution in [2.75, 3.05) is 24.1 Å². The summed E-state index contributed by atoms with van der Waals surface area (Å²) < 4.78 is 31.1. The van der Waals surface area contributed by atoms with Crippen molar-refractivity contribution in [1.29, 1.82) is 5.41 Å². The van der Waals surface area contributed by atoms with Crippen LogP contribution in [0.15, 0.2) is 76.7 Å². The minimum Gasteiger partial charge on any atom is -0.388 e. The molecule has 4 aromatic rings. The maximum Gasteiger partial charge on any atom is 0.335 e. The number of nitrogens with one attached hydrogen (secondary N) is 4. The van der Waals surface area contributed by atoms with Crippen LogP contribution in [0, 0.1) is 17.0 Å². The summed E-state index contributed by atoms with van der Waals surface area (Å²) in [6.07, 6.45) is 7.51. The number of carbonyl (C=O) groups excluding carboxylic acids is 1. The molecule has 1 fully saturated rings. The van der Waals surface area contributed by atoms with E-state index in [1.807, 2.05) is 0 Å². The van der Waals surface area contributed by atoms with E-state index in [4.69, 9.17) is 11.1 Å². The first-order valence-corrected chi connectivity index (χ1v) is 14.8. The zero-order valence-electron chi connectivity index (χ0n) is 25.3. The first kappa shape index (κ1) is 32.0. The number of amides is 1. The normalized spacial score (nSPS) is 13.9. The van der Waals surface area contributed by atoms with Gasteiger partial charge in [0, 0.05) is 64.8 Å². The van der Waals surface area contributed by atoms with Gasteiger partial charge in [0.05, 0.1) is 5.69 Å². The van der Waals surface area contributed by atoms with Crippen LogP contribution in [0.2, 0.25) is 0 Å². The molecular weight excluding hydrogens is 594 g/mol. The highest BCUT2D eigenvalue weighted by molar-refractivity contribution is 6.08. The average Bonchev–Trinajstić information content (AvgIpc) is 3.03. The van der Waals surface area contributed by atoms with Crippen LogP contribution >= 0.6 is 0 Å². The van der Waals surface area contributed by atoms with E-state index >= 15 is 4.39 Å². The number of nitrogens with zero attached hydrogens (tertiary/aromatic N) is 3. The van der Waals surface area contributed by atoms with E-state index in [1.54, 1.807) is 26.1 Å². The predicted molar refractivity (Wildman–Crippen MR) is 174 cm³/mol. The number of carbonyl (C=O) groups is 1. The maximum atomic E-state index is 15.5. The first-order chi connectivity index (χ1) is 22.1. The van der Waals surface area contributed by atoms with Crippen molar-refractivity contribution in [3.8, 4) is 16.8 Å². The van der Waals surface area contributed by atoms with Gasteiger partial charge in [0.2, 0.25) is 0 Å². The summed E-state index contributed by atoms with van der Waals surface area (Å²) in [5.74, 6) is -2.06. The number of pyridine rings is 1. The molecule has 0 saturated carbocycles. The molecule has 6 N–H and O–H groups in total. The molecule has 5 rings (SSSR count). The van der Waals surface area contributed by atoms with E-state index in [-0.39, 0.29) is 34.4 Å². The topological polar surface area (TPSA) is 160 Å². The number of hydrogen-bond acceptors (Lipinski definition) is 8. The Morgan fingerprint density at radius 3 is 2.46 bits per heavy atom. The van der Waals surface area contributed by atoms with Crippen molar-refractivity contribution >= 4 is 29.2 Å². The van der Waals surface area contributed by atoms with Gasteiger partial charge in [-0.15, -0.1) is 0 Å². The summed E-state index contributed by atoms with van der Waals surface area (Å²) in [7, 11) is 0. The number of aromatic nitrogens is 3. The lowest BCUT2D eigenvalue weighted by atomic mass is 10.0. The van der Waals surface area contributed by atoms with E-state index in [2.05, 4.69) is 20.9 Å². The molecule has 0 radical (unpaired) electrons. The van der Waals surface area contributed by atoms with Crippen LogP contribution in [-0.2, 0) is 0 Å². The van der Waals surface area contributed by atoms with Gasteiger partial charge in [-0.2, -0.15) is 0 Å². The molecule has 0 atom stereocenters. The minimum absolute atomic E-state index is 0.0511. The van der Waals surface area contributed by atoms with Crippen molar-refractivity contribution < 1.29 is 13.6 Å². The van der Waals surface area contributed by atoms with Crippen molar-refractivity contribution in [3.05, 3.63) is 111 Å². The highest BCUT2D eigenvalue weighted by Gasteiger charge is 2.21. The summed E-state index contributed by atoms with van der Waals surface area (Å²) in [6, 6.07) is 10.2. The van der Waals surface area contributed by atoms with Gasteiger partial charge in [-0.05, 0) is 88.3 Å². The predicted octanol–water partition coefficient (Wildman–Crippen LogP) is 4.09. The third kappa shape index (κ3) is 6.79. The molecule has 46 heavy (non-hydrogen) atoms. The number of allylic oxidation sites excluding steroid dienone is 1. The second-order valence-corrected chi connectivity index (χ2v) is 11.2. The molecule has 0 unspecified atom stereocenters. The number of anilines is 2. The van der Waals surface area contributed by atoms with Gasteiger partial charge in [-0.1, -0.05) is 0 Å². The van der Waals surface area contributed by atoms with Gasteiger partial charge in [0.25, 0.3) is 11.5 Å². The van der Waals surface area contributed by atoms with E-state index in [0.29, 0.717) is 16.7 Å². The molecule has 3 heterocycles. The van der Waals surface area contributed by atoms with E-state index in [1.165, 1.54) is 41.2 Å². The number of halogens is 2. The first-order valence-electron chi connectivity index (χ1n) is 14.8. The van der Waals surface area contributed by atoms with Gasteiger partial charge < -0.3 is 27.1 Å². The fraction of sp³-hybridized carbons (Fsp3) is 0.242. The van der Waals surface area contributed by atoms with Gasteiger partial charge in [0.15, 0.2) is 0 Å². The molecule has 2 aromatic heterocycles. The molecule has 1 amide bonds. The fourth-order valence-corrected chi connectivity index (χ4v) is 5.18. The Kier molecular flexibility index (Phi) is 9.52. The van der Waals surface area contributed by atoms with Crippen LogP contribution < -0.4 is 32.9 Å². The number of hydrogen-bond donors (Lipinski definition) is 5. The number of nitrogens with two attached hydrogens (primary N) is 1. The second-order valence-electron chi connectivity index (χ2n) is 11.2. The van der Waals surface area contributed by atoms with Crippen LogP contribution in [0.4, 0.5) is 20.3 Å². The summed E-state index contributed by atoms with van der Waals surface area (Å²) in [5.41, 5.74) is 5.81. The molecule has 1 aliphatic rings. The molecule has 11 nitrogen and oxygen atoms in total. The molecule has 1 saturated heterocycles. The summed E-state index contributed by atoms with van der Waals surface area (Å²) in [5, 5.41) is 17.1. The van der Waals surface area contributed by atoms with Gasteiger partial charge in [0.1, 0.15) is 23.0 Å². The standard InChI is InChI=1S/C33H34F2N8O3/c1-19(2)42-18-28(32(45)43(33(42)46)25-6-3-22(34)4-7-25)31(44)41-24-5-8-26(29(35)14-24)27-13-20(16-40-30(27)37)21(15-36)17-39-23-9-11-38-12-10-23/h3-8,13-19,23,36,38-39H,9-12H2,1-2H3,(H2,37,40)(H,41,44)/b21-17+,36-15?. The molecule has 238 valence electrons. The molecule has 0 bridgehead atoms. The van der Waals surface area contributed by atoms with Crippen LogP contribution in [-0.4, -0.2) is 45.4 Å². The summed E-state index contributed by atoms with van der Waals surface area (Å²) >= 11 is 0. The Morgan fingerprint density at radius 2 is 1.80 bits per heavy atom.